The van der Waals surface area contributed by atoms with Crippen molar-refractivity contribution >= 4 is 26.7 Å². The molecule has 0 spiro atoms. The molecule has 2 aromatic heterocycles. The van der Waals surface area contributed by atoms with Gasteiger partial charge in [-0.1, -0.05) is 47.1 Å². The van der Waals surface area contributed by atoms with Crippen LogP contribution in [0.25, 0.3) is 34.0 Å². The van der Waals surface area contributed by atoms with Gasteiger partial charge < -0.3 is 8.94 Å². The van der Waals surface area contributed by atoms with Gasteiger partial charge in [-0.3, -0.25) is 4.72 Å². The second-order valence-corrected chi connectivity index (χ2v) is 9.16. The normalized spacial score (nSPS) is 11.7. The molecule has 5 rings (SSSR count). The predicted molar refractivity (Wildman–Crippen MR) is 122 cm³/mol. The maximum Gasteiger partial charge on any atom is 0.294 e. The number of anilines is 1. The van der Waals surface area contributed by atoms with Crippen LogP contribution < -0.4 is 4.72 Å². The lowest BCUT2D eigenvalue weighted by atomic mass is 10.1. The van der Waals surface area contributed by atoms with Crippen LogP contribution in [0, 0.1) is 13.8 Å². The Labute approximate surface area is 184 Å². The third-order valence-corrected chi connectivity index (χ3v) is 6.52. The Morgan fingerprint density at radius 1 is 0.906 bits per heavy atom. The number of furan rings is 1. The molecule has 0 aliphatic heterocycles. The number of sulfonamides is 1. The quantitative estimate of drug-likeness (QED) is 0.380. The summed E-state index contributed by atoms with van der Waals surface area (Å²) in [5.74, 6) is 1.11. The zero-order valence-electron chi connectivity index (χ0n) is 17.4. The molecule has 0 aliphatic carbocycles. The molecule has 0 saturated heterocycles. The molecule has 0 radical (unpaired) electrons. The van der Waals surface area contributed by atoms with Gasteiger partial charge in [0, 0.05) is 22.2 Å². The van der Waals surface area contributed by atoms with E-state index < -0.39 is 10.0 Å². The predicted octanol–water partition coefficient (Wildman–Crippen LogP) is 5.57. The summed E-state index contributed by atoms with van der Waals surface area (Å²) in [4.78, 5) is 4.61. The largest absolute Gasteiger partial charge is 0.451 e. The molecule has 0 bridgehead atoms. The zero-order valence-corrected chi connectivity index (χ0v) is 18.2. The van der Waals surface area contributed by atoms with E-state index in [0.29, 0.717) is 28.2 Å². The van der Waals surface area contributed by atoms with Crippen LogP contribution in [0.2, 0.25) is 0 Å². The summed E-state index contributed by atoms with van der Waals surface area (Å²) < 4.78 is 39.6. The molecule has 32 heavy (non-hydrogen) atoms. The first-order valence-corrected chi connectivity index (χ1v) is 11.4. The van der Waals surface area contributed by atoms with Gasteiger partial charge >= 0.3 is 0 Å². The summed E-state index contributed by atoms with van der Waals surface area (Å²) in [6, 6.07) is 21.3. The Balaban J connectivity index is 1.51. The van der Waals surface area contributed by atoms with Crippen LogP contribution >= 0.6 is 0 Å². The van der Waals surface area contributed by atoms with Gasteiger partial charge in [-0.2, -0.15) is 4.98 Å². The number of rotatable bonds is 5. The highest BCUT2D eigenvalue weighted by Crippen LogP contribution is 2.34. The van der Waals surface area contributed by atoms with Gasteiger partial charge in [0.2, 0.25) is 5.82 Å². The van der Waals surface area contributed by atoms with Crippen molar-refractivity contribution in [3.8, 4) is 23.0 Å². The zero-order chi connectivity index (χ0) is 22.3. The second kappa shape index (κ2) is 7.65. The monoisotopic (exact) mass is 445 g/mol. The van der Waals surface area contributed by atoms with Crippen LogP contribution in [0.1, 0.15) is 11.1 Å². The highest BCUT2D eigenvalue weighted by Gasteiger charge is 2.22. The lowest BCUT2D eigenvalue weighted by molar-refractivity contribution is 0.419. The Morgan fingerprint density at radius 3 is 2.50 bits per heavy atom. The Morgan fingerprint density at radius 2 is 1.72 bits per heavy atom. The van der Waals surface area contributed by atoms with Crippen molar-refractivity contribution in [2.24, 2.45) is 0 Å². The number of nitrogens with zero attached hydrogens (tertiary/aromatic N) is 2. The van der Waals surface area contributed by atoms with E-state index in [1.165, 1.54) is 6.07 Å². The molecule has 0 amide bonds. The van der Waals surface area contributed by atoms with Gasteiger partial charge in [-0.25, -0.2) is 8.42 Å². The van der Waals surface area contributed by atoms with Crippen molar-refractivity contribution in [2.75, 3.05) is 4.72 Å². The minimum atomic E-state index is -3.76. The molecular formula is C24H19N3O4S. The molecule has 7 nitrogen and oxygen atoms in total. The molecule has 3 aromatic carbocycles. The number of aryl methyl sites for hydroxylation is 2. The number of hydrogen-bond acceptors (Lipinski definition) is 6. The molecule has 0 fully saturated rings. The minimum Gasteiger partial charge on any atom is -0.451 e. The van der Waals surface area contributed by atoms with Crippen LogP contribution in [0.15, 0.2) is 86.6 Å². The summed E-state index contributed by atoms with van der Waals surface area (Å²) in [6.45, 7) is 3.82. The second-order valence-electron chi connectivity index (χ2n) is 7.48. The van der Waals surface area contributed by atoms with Crippen molar-refractivity contribution in [1.82, 2.24) is 10.1 Å². The molecule has 0 aliphatic rings. The average molecular weight is 446 g/mol. The van der Waals surface area contributed by atoms with E-state index in [9.17, 15) is 8.42 Å². The Kier molecular flexibility index (Phi) is 4.79. The van der Waals surface area contributed by atoms with Crippen molar-refractivity contribution < 1.29 is 17.4 Å². The fourth-order valence-corrected chi connectivity index (χ4v) is 4.59. The summed E-state index contributed by atoms with van der Waals surface area (Å²) in [6.07, 6.45) is 0. The number of fused-ring (bicyclic) bond motifs is 1. The topological polar surface area (TPSA) is 98.2 Å². The van der Waals surface area contributed by atoms with Gasteiger partial charge in [0.05, 0.1) is 4.90 Å². The first-order valence-electron chi connectivity index (χ1n) is 9.93. The van der Waals surface area contributed by atoms with Crippen molar-refractivity contribution in [3.05, 3.63) is 83.9 Å². The highest BCUT2D eigenvalue weighted by atomic mass is 32.2. The van der Waals surface area contributed by atoms with Crippen molar-refractivity contribution in [1.29, 1.82) is 0 Å². The third-order valence-electron chi connectivity index (χ3n) is 5.14. The van der Waals surface area contributed by atoms with E-state index in [1.807, 2.05) is 44.2 Å². The third kappa shape index (κ3) is 3.65. The molecule has 5 aromatic rings. The van der Waals surface area contributed by atoms with Gasteiger partial charge in [0.1, 0.15) is 5.58 Å². The fraction of sp³-hybridized carbons (Fsp3) is 0.0833. The molecule has 0 saturated carbocycles. The van der Waals surface area contributed by atoms with Crippen LogP contribution in [0.4, 0.5) is 5.69 Å². The number of benzene rings is 3. The molecule has 0 atom stereocenters. The maximum absolute atomic E-state index is 12.8. The lowest BCUT2D eigenvalue weighted by Crippen LogP contribution is -2.12. The smallest absolute Gasteiger partial charge is 0.294 e. The highest BCUT2D eigenvalue weighted by molar-refractivity contribution is 7.92. The Bertz CT molecular complexity index is 1540. The van der Waals surface area contributed by atoms with E-state index in [0.717, 1.165) is 16.7 Å². The average Bonchev–Trinajstić information content (AvgIpc) is 3.39. The number of para-hydroxylation sites is 1. The molecular weight excluding hydrogens is 426 g/mol. The van der Waals surface area contributed by atoms with E-state index in [-0.39, 0.29) is 10.8 Å². The maximum atomic E-state index is 12.8. The van der Waals surface area contributed by atoms with Crippen LogP contribution in [0.3, 0.4) is 0 Å². The van der Waals surface area contributed by atoms with Crippen LogP contribution in [-0.2, 0) is 10.0 Å². The van der Waals surface area contributed by atoms with E-state index in [2.05, 4.69) is 14.9 Å². The minimum absolute atomic E-state index is 0.135. The van der Waals surface area contributed by atoms with E-state index in [1.54, 1.807) is 36.4 Å². The van der Waals surface area contributed by atoms with Crippen LogP contribution in [0.5, 0.6) is 0 Å². The number of nitrogens with one attached hydrogen (secondary N) is 1. The van der Waals surface area contributed by atoms with Gasteiger partial charge in [-0.15, -0.1) is 0 Å². The van der Waals surface area contributed by atoms with Gasteiger partial charge in [0.25, 0.3) is 15.9 Å². The van der Waals surface area contributed by atoms with Gasteiger partial charge in [0.15, 0.2) is 5.76 Å². The molecule has 2 heterocycles. The summed E-state index contributed by atoms with van der Waals surface area (Å²) in [5, 5.41) is 4.73. The summed E-state index contributed by atoms with van der Waals surface area (Å²) in [7, 11) is -3.76. The number of hydrogen-bond donors (Lipinski definition) is 1. The lowest BCUT2D eigenvalue weighted by Gasteiger charge is -2.07. The summed E-state index contributed by atoms with van der Waals surface area (Å²) >= 11 is 0. The molecule has 0 unspecified atom stereocenters. The van der Waals surface area contributed by atoms with Gasteiger partial charge in [-0.05, 0) is 50.2 Å². The first kappa shape index (κ1) is 20.0. The SMILES string of the molecule is Cc1cccc(-c2noc(-c3oc4ccc(S(=O)(=O)Nc5ccccc5)cc4c3C)n2)c1. The standard InChI is InChI=1S/C24H19N3O4S/c1-15-7-6-8-17(13-15)23-25-24(31-26-23)22-16(2)20-14-19(11-12-21(20)30-22)32(28,29)27-18-9-4-3-5-10-18/h3-14,27H,1-2H3. The summed E-state index contributed by atoms with van der Waals surface area (Å²) in [5.41, 5.74) is 3.68. The van der Waals surface area contributed by atoms with Crippen LogP contribution in [-0.4, -0.2) is 18.6 Å². The van der Waals surface area contributed by atoms with E-state index in [4.69, 9.17) is 8.94 Å². The first-order chi connectivity index (χ1) is 15.4. The Hall–Kier alpha value is -3.91. The molecule has 160 valence electrons. The van der Waals surface area contributed by atoms with Crippen molar-refractivity contribution in [3.63, 3.8) is 0 Å². The van der Waals surface area contributed by atoms with E-state index >= 15 is 0 Å². The van der Waals surface area contributed by atoms with Crippen molar-refractivity contribution in [2.45, 2.75) is 18.7 Å². The number of aromatic nitrogens is 2. The molecule has 8 heteroatoms. The molecule has 1 N–H and O–H groups in total. The fourth-order valence-electron chi connectivity index (χ4n) is 3.51.